The van der Waals surface area contributed by atoms with E-state index in [1.807, 2.05) is 18.5 Å². The van der Waals surface area contributed by atoms with Crippen molar-refractivity contribution < 1.29 is 4.74 Å². The standard InChI is InChI=1S/C16H20N2O/c1-4-17-11-15-8-13(5-6-16(15)19-3)14-7-12(2)9-18-10-14/h5-10,17H,4,11H2,1-3H3. The van der Waals surface area contributed by atoms with Crippen molar-refractivity contribution in [2.45, 2.75) is 20.4 Å². The molecule has 1 heterocycles. The zero-order valence-electron chi connectivity index (χ0n) is 11.7. The molecule has 0 saturated carbocycles. The Morgan fingerprint density at radius 1 is 1.16 bits per heavy atom. The van der Waals surface area contributed by atoms with Crippen LogP contribution in [0.5, 0.6) is 5.75 Å². The minimum atomic E-state index is 0.812. The number of nitrogens with one attached hydrogen (secondary N) is 1. The topological polar surface area (TPSA) is 34.2 Å². The molecule has 19 heavy (non-hydrogen) atoms. The van der Waals surface area contributed by atoms with Gasteiger partial charge in [0.15, 0.2) is 0 Å². The lowest BCUT2D eigenvalue weighted by Gasteiger charge is -2.11. The fourth-order valence-electron chi connectivity index (χ4n) is 2.07. The summed E-state index contributed by atoms with van der Waals surface area (Å²) in [5, 5.41) is 3.33. The monoisotopic (exact) mass is 256 g/mol. The van der Waals surface area contributed by atoms with Gasteiger partial charge >= 0.3 is 0 Å². The van der Waals surface area contributed by atoms with Crippen molar-refractivity contribution in [1.82, 2.24) is 10.3 Å². The molecule has 100 valence electrons. The number of hydrogen-bond acceptors (Lipinski definition) is 3. The van der Waals surface area contributed by atoms with Gasteiger partial charge in [0.2, 0.25) is 0 Å². The van der Waals surface area contributed by atoms with Gasteiger partial charge in [-0.2, -0.15) is 0 Å². The Kier molecular flexibility index (Phi) is 4.53. The second-order valence-corrected chi connectivity index (χ2v) is 4.56. The van der Waals surface area contributed by atoms with E-state index in [0.29, 0.717) is 0 Å². The van der Waals surface area contributed by atoms with Crippen LogP contribution in [0.25, 0.3) is 11.1 Å². The minimum absolute atomic E-state index is 0.812. The van der Waals surface area contributed by atoms with E-state index in [1.165, 1.54) is 16.7 Å². The van der Waals surface area contributed by atoms with Gasteiger partial charge in [-0.15, -0.1) is 0 Å². The Bertz CT molecular complexity index is 552. The number of pyridine rings is 1. The molecular weight excluding hydrogens is 236 g/mol. The normalized spacial score (nSPS) is 10.5. The molecule has 1 aromatic heterocycles. The van der Waals surface area contributed by atoms with Crippen molar-refractivity contribution in [2.75, 3.05) is 13.7 Å². The predicted molar refractivity (Wildman–Crippen MR) is 78.3 cm³/mol. The zero-order valence-corrected chi connectivity index (χ0v) is 11.7. The van der Waals surface area contributed by atoms with Crippen LogP contribution in [-0.4, -0.2) is 18.6 Å². The molecule has 3 nitrogen and oxygen atoms in total. The van der Waals surface area contributed by atoms with Crippen LogP contribution >= 0.6 is 0 Å². The van der Waals surface area contributed by atoms with E-state index in [2.05, 4.69) is 42.3 Å². The summed E-state index contributed by atoms with van der Waals surface area (Å²) in [4.78, 5) is 4.25. The van der Waals surface area contributed by atoms with Crippen LogP contribution in [0.2, 0.25) is 0 Å². The number of ether oxygens (including phenoxy) is 1. The molecule has 0 atom stereocenters. The lowest BCUT2D eigenvalue weighted by atomic mass is 10.0. The summed E-state index contributed by atoms with van der Waals surface area (Å²) in [5.74, 6) is 0.922. The zero-order chi connectivity index (χ0) is 13.7. The van der Waals surface area contributed by atoms with E-state index in [4.69, 9.17) is 4.74 Å². The number of benzene rings is 1. The molecular formula is C16H20N2O. The summed E-state index contributed by atoms with van der Waals surface area (Å²) >= 11 is 0. The van der Waals surface area contributed by atoms with Gasteiger partial charge in [-0.3, -0.25) is 4.98 Å². The van der Waals surface area contributed by atoms with Crippen molar-refractivity contribution in [2.24, 2.45) is 0 Å². The molecule has 0 saturated heterocycles. The molecule has 0 aliphatic carbocycles. The molecule has 3 heteroatoms. The van der Waals surface area contributed by atoms with Gasteiger partial charge < -0.3 is 10.1 Å². The summed E-state index contributed by atoms with van der Waals surface area (Å²) in [6.45, 7) is 5.91. The Labute approximate surface area is 114 Å². The second kappa shape index (κ2) is 6.34. The highest BCUT2D eigenvalue weighted by molar-refractivity contribution is 5.65. The molecule has 0 radical (unpaired) electrons. The number of aromatic nitrogens is 1. The molecule has 2 rings (SSSR count). The van der Waals surface area contributed by atoms with E-state index in [1.54, 1.807) is 7.11 Å². The molecule has 1 aromatic carbocycles. The summed E-state index contributed by atoms with van der Waals surface area (Å²) in [5.41, 5.74) is 4.65. The van der Waals surface area contributed by atoms with Gasteiger partial charge in [-0.1, -0.05) is 13.0 Å². The summed E-state index contributed by atoms with van der Waals surface area (Å²) in [7, 11) is 1.71. The first-order valence-electron chi connectivity index (χ1n) is 6.54. The van der Waals surface area contributed by atoms with Gasteiger partial charge in [0, 0.05) is 30.1 Å². The van der Waals surface area contributed by atoms with Gasteiger partial charge in [0.25, 0.3) is 0 Å². The van der Waals surface area contributed by atoms with Crippen LogP contribution in [0.15, 0.2) is 36.7 Å². The van der Waals surface area contributed by atoms with Crippen LogP contribution in [0.3, 0.4) is 0 Å². The maximum Gasteiger partial charge on any atom is 0.123 e. The Morgan fingerprint density at radius 2 is 2.00 bits per heavy atom. The van der Waals surface area contributed by atoms with E-state index in [9.17, 15) is 0 Å². The highest BCUT2D eigenvalue weighted by Gasteiger charge is 2.06. The summed E-state index contributed by atoms with van der Waals surface area (Å²) < 4.78 is 5.40. The third-order valence-electron chi connectivity index (χ3n) is 3.05. The van der Waals surface area contributed by atoms with E-state index < -0.39 is 0 Å². The van der Waals surface area contributed by atoms with Crippen molar-refractivity contribution in [3.63, 3.8) is 0 Å². The van der Waals surface area contributed by atoms with Crippen LogP contribution < -0.4 is 10.1 Å². The Balaban J connectivity index is 2.36. The van der Waals surface area contributed by atoms with E-state index >= 15 is 0 Å². The molecule has 0 fully saturated rings. The van der Waals surface area contributed by atoms with E-state index in [-0.39, 0.29) is 0 Å². The van der Waals surface area contributed by atoms with Crippen LogP contribution in [-0.2, 0) is 6.54 Å². The Morgan fingerprint density at radius 3 is 2.68 bits per heavy atom. The highest BCUT2D eigenvalue weighted by atomic mass is 16.5. The quantitative estimate of drug-likeness (QED) is 0.892. The molecule has 0 spiro atoms. The fraction of sp³-hybridized carbons (Fsp3) is 0.312. The molecule has 0 amide bonds. The molecule has 1 N–H and O–H groups in total. The van der Waals surface area contributed by atoms with Crippen molar-refractivity contribution in [1.29, 1.82) is 0 Å². The van der Waals surface area contributed by atoms with Crippen molar-refractivity contribution in [3.8, 4) is 16.9 Å². The minimum Gasteiger partial charge on any atom is -0.496 e. The molecule has 0 aliphatic heterocycles. The van der Waals surface area contributed by atoms with Crippen molar-refractivity contribution in [3.05, 3.63) is 47.8 Å². The number of methoxy groups -OCH3 is 1. The third kappa shape index (κ3) is 3.32. The number of hydrogen-bond donors (Lipinski definition) is 1. The number of aryl methyl sites for hydroxylation is 1. The highest BCUT2D eigenvalue weighted by Crippen LogP contribution is 2.26. The van der Waals surface area contributed by atoms with Gasteiger partial charge in [-0.25, -0.2) is 0 Å². The SMILES string of the molecule is CCNCc1cc(-c2cncc(C)c2)ccc1OC. The second-order valence-electron chi connectivity index (χ2n) is 4.56. The smallest absolute Gasteiger partial charge is 0.123 e. The molecule has 2 aromatic rings. The van der Waals surface area contributed by atoms with Gasteiger partial charge in [-0.05, 0) is 42.8 Å². The van der Waals surface area contributed by atoms with Crippen LogP contribution in [0.4, 0.5) is 0 Å². The first-order chi connectivity index (χ1) is 9.24. The first kappa shape index (κ1) is 13.6. The van der Waals surface area contributed by atoms with E-state index in [0.717, 1.165) is 24.4 Å². The Hall–Kier alpha value is -1.87. The maximum absolute atomic E-state index is 5.40. The maximum atomic E-state index is 5.40. The first-order valence-corrected chi connectivity index (χ1v) is 6.54. The number of nitrogens with zero attached hydrogens (tertiary/aromatic N) is 1. The molecule has 0 unspecified atom stereocenters. The van der Waals surface area contributed by atoms with Crippen molar-refractivity contribution >= 4 is 0 Å². The van der Waals surface area contributed by atoms with Gasteiger partial charge in [0.05, 0.1) is 7.11 Å². The average molecular weight is 256 g/mol. The lowest BCUT2D eigenvalue weighted by molar-refractivity contribution is 0.408. The van der Waals surface area contributed by atoms with Gasteiger partial charge in [0.1, 0.15) is 5.75 Å². The predicted octanol–water partition coefficient (Wildman–Crippen LogP) is 3.18. The third-order valence-corrected chi connectivity index (χ3v) is 3.05. The molecule has 0 bridgehead atoms. The summed E-state index contributed by atoms with van der Waals surface area (Å²) in [6.07, 6.45) is 3.76. The lowest BCUT2D eigenvalue weighted by Crippen LogP contribution is -2.12. The fourth-order valence-corrected chi connectivity index (χ4v) is 2.07. The van der Waals surface area contributed by atoms with Crippen LogP contribution in [0, 0.1) is 6.92 Å². The summed E-state index contributed by atoms with van der Waals surface area (Å²) in [6, 6.07) is 8.40. The van der Waals surface area contributed by atoms with Crippen LogP contribution in [0.1, 0.15) is 18.1 Å². The largest absolute Gasteiger partial charge is 0.496 e. The number of rotatable bonds is 5. The molecule has 0 aliphatic rings. The average Bonchev–Trinajstić information content (AvgIpc) is 2.44.